The molecule has 0 bridgehead atoms. The van der Waals surface area contributed by atoms with Gasteiger partial charge < -0.3 is 14.6 Å². The maximum absolute atomic E-state index is 14.6. The number of hydrogen-bond donors (Lipinski definition) is 1. The van der Waals surface area contributed by atoms with Crippen molar-refractivity contribution in [2.24, 2.45) is 4.99 Å². The molecule has 1 aromatic carbocycles. The molecular weight excluding hydrogens is 516 g/mol. The number of halogens is 5. The van der Waals surface area contributed by atoms with Crippen LogP contribution in [-0.2, 0) is 15.0 Å². The maximum Gasteiger partial charge on any atom is 0.424 e. The van der Waals surface area contributed by atoms with Crippen molar-refractivity contribution in [1.82, 2.24) is 4.90 Å². The van der Waals surface area contributed by atoms with Crippen LogP contribution in [0.15, 0.2) is 27.7 Å². The molecule has 0 spiro atoms. The molecule has 0 aliphatic carbocycles. The fourth-order valence-corrected chi connectivity index (χ4v) is 4.16. The van der Waals surface area contributed by atoms with Gasteiger partial charge in [-0.05, 0) is 38.1 Å². The highest BCUT2D eigenvalue weighted by Gasteiger charge is 2.62. The lowest BCUT2D eigenvalue weighted by molar-refractivity contribution is -0.252. The van der Waals surface area contributed by atoms with Crippen molar-refractivity contribution >= 4 is 35.9 Å². The SMILES string of the molecule is CC1(c2cc(Br)ccc2F)CO[C@@](C)(C(F)(F)F)C(N(COCC[Si](C)(C)C)C(=O)O)=N1. The van der Waals surface area contributed by atoms with E-state index in [4.69, 9.17) is 9.47 Å². The molecule has 0 aromatic heterocycles. The molecule has 2 atom stereocenters. The molecule has 0 fully saturated rings. The van der Waals surface area contributed by atoms with Crippen LogP contribution in [0.5, 0.6) is 0 Å². The molecule has 0 radical (unpaired) electrons. The van der Waals surface area contributed by atoms with Gasteiger partial charge in [0, 0.05) is 24.7 Å². The molecule has 12 heteroatoms. The van der Waals surface area contributed by atoms with Gasteiger partial charge in [0.2, 0.25) is 5.60 Å². The van der Waals surface area contributed by atoms with Crippen LogP contribution in [0, 0.1) is 5.82 Å². The first-order valence-electron chi connectivity index (χ1n) is 9.85. The van der Waals surface area contributed by atoms with Gasteiger partial charge in [0.1, 0.15) is 18.1 Å². The molecule has 1 aliphatic heterocycles. The summed E-state index contributed by atoms with van der Waals surface area (Å²) < 4.78 is 67.7. The molecule has 32 heavy (non-hydrogen) atoms. The lowest BCUT2D eigenvalue weighted by atomic mass is 9.89. The molecule has 1 heterocycles. The zero-order valence-corrected chi connectivity index (χ0v) is 21.1. The molecule has 0 saturated carbocycles. The third-order valence-electron chi connectivity index (χ3n) is 5.17. The van der Waals surface area contributed by atoms with Crippen LogP contribution >= 0.6 is 15.9 Å². The van der Waals surface area contributed by atoms with Crippen molar-refractivity contribution < 1.29 is 36.9 Å². The van der Waals surface area contributed by atoms with E-state index < -0.39 is 56.5 Å². The molecule has 6 nitrogen and oxygen atoms in total. The summed E-state index contributed by atoms with van der Waals surface area (Å²) >= 11 is 3.21. The zero-order valence-electron chi connectivity index (χ0n) is 18.5. The van der Waals surface area contributed by atoms with Gasteiger partial charge in [0.05, 0.1) is 6.61 Å². The Labute approximate surface area is 193 Å². The van der Waals surface area contributed by atoms with Crippen LogP contribution in [-0.4, -0.2) is 61.7 Å². The van der Waals surface area contributed by atoms with Crippen molar-refractivity contribution in [2.45, 2.75) is 56.8 Å². The standard InChI is InChI=1S/C20H27BrF4N2O4Si/c1-18(14-10-13(21)6-7-15(14)22)11-31-19(2,20(23,24)25)16(26-18)27(17(28)29)12-30-8-9-32(3,4)5/h6-7,10H,8-9,11-12H2,1-5H3,(H,28,29)/t18?,19-/m1/s1. The summed E-state index contributed by atoms with van der Waals surface area (Å²) in [7, 11) is -1.50. The number of aliphatic imine (C=N–C) groups is 1. The van der Waals surface area contributed by atoms with E-state index in [0.29, 0.717) is 22.3 Å². The molecule has 180 valence electrons. The third kappa shape index (κ3) is 5.89. The second kappa shape index (κ2) is 9.39. The Bertz CT molecular complexity index is 893. The van der Waals surface area contributed by atoms with Gasteiger partial charge in [-0.15, -0.1) is 0 Å². The Morgan fingerprint density at radius 1 is 1.34 bits per heavy atom. The molecule has 1 aromatic rings. The molecular formula is C20H27BrF4N2O4Si. The van der Waals surface area contributed by atoms with Crippen LogP contribution in [0.25, 0.3) is 0 Å². The van der Waals surface area contributed by atoms with Gasteiger partial charge >= 0.3 is 12.3 Å². The van der Waals surface area contributed by atoms with Crippen LogP contribution in [0.4, 0.5) is 22.4 Å². The Balaban J connectivity index is 2.53. The molecule has 0 saturated heterocycles. The fraction of sp³-hybridized carbons (Fsp3) is 0.600. The minimum atomic E-state index is -4.98. The van der Waals surface area contributed by atoms with Crippen molar-refractivity contribution in [3.05, 3.63) is 34.1 Å². The van der Waals surface area contributed by atoms with Gasteiger partial charge in [0.15, 0.2) is 5.84 Å². The molecule has 2 rings (SSSR count). The Hall–Kier alpha value is -1.50. The summed E-state index contributed by atoms with van der Waals surface area (Å²) in [5.41, 5.74) is -4.64. The number of amidine groups is 1. The van der Waals surface area contributed by atoms with Gasteiger partial charge in [-0.1, -0.05) is 35.6 Å². The Kier molecular flexibility index (Phi) is 7.85. The first-order chi connectivity index (χ1) is 14.5. The lowest BCUT2D eigenvalue weighted by Gasteiger charge is -2.44. The first-order valence-corrected chi connectivity index (χ1v) is 14.3. The quantitative estimate of drug-likeness (QED) is 0.212. The van der Waals surface area contributed by atoms with E-state index in [-0.39, 0.29) is 12.2 Å². The number of rotatable bonds is 6. The fourth-order valence-electron chi connectivity index (χ4n) is 3.04. The van der Waals surface area contributed by atoms with Crippen molar-refractivity contribution in [1.29, 1.82) is 0 Å². The number of alkyl halides is 3. The third-order valence-corrected chi connectivity index (χ3v) is 7.37. The Morgan fingerprint density at radius 3 is 2.50 bits per heavy atom. The van der Waals surface area contributed by atoms with Crippen molar-refractivity contribution in [2.75, 3.05) is 19.9 Å². The normalized spacial score (nSPS) is 24.2. The predicted molar refractivity (Wildman–Crippen MR) is 118 cm³/mol. The van der Waals surface area contributed by atoms with Crippen LogP contribution in [0.1, 0.15) is 19.4 Å². The molecule has 1 aliphatic rings. The van der Waals surface area contributed by atoms with E-state index in [0.717, 1.165) is 6.07 Å². The van der Waals surface area contributed by atoms with E-state index in [9.17, 15) is 27.5 Å². The largest absolute Gasteiger partial charge is 0.465 e. The van der Waals surface area contributed by atoms with Crippen LogP contribution in [0.3, 0.4) is 0 Å². The number of benzene rings is 1. The predicted octanol–water partition coefficient (Wildman–Crippen LogP) is 5.85. The number of carboxylic acid groups (broad SMARTS) is 1. The van der Waals surface area contributed by atoms with Gasteiger partial charge in [-0.25, -0.2) is 14.1 Å². The van der Waals surface area contributed by atoms with Gasteiger partial charge in [-0.2, -0.15) is 13.2 Å². The second-order valence-corrected chi connectivity index (χ2v) is 15.7. The Morgan fingerprint density at radius 2 is 1.97 bits per heavy atom. The topological polar surface area (TPSA) is 71.4 Å². The zero-order chi connectivity index (χ0) is 24.5. The highest BCUT2D eigenvalue weighted by atomic mass is 79.9. The van der Waals surface area contributed by atoms with Crippen LogP contribution in [0.2, 0.25) is 25.7 Å². The van der Waals surface area contributed by atoms with Crippen molar-refractivity contribution in [3.63, 3.8) is 0 Å². The minimum absolute atomic E-state index is 0.0291. The van der Waals surface area contributed by atoms with Gasteiger partial charge in [0.25, 0.3) is 0 Å². The molecule has 1 unspecified atom stereocenters. The van der Waals surface area contributed by atoms with E-state index >= 15 is 0 Å². The lowest BCUT2D eigenvalue weighted by Crippen LogP contribution is -2.63. The summed E-state index contributed by atoms with van der Waals surface area (Å²) in [4.78, 5) is 16.5. The van der Waals surface area contributed by atoms with E-state index in [1.165, 1.54) is 19.1 Å². The number of ether oxygens (including phenoxy) is 2. The summed E-state index contributed by atoms with van der Waals surface area (Å²) in [6.45, 7) is 7.28. The maximum atomic E-state index is 14.6. The first kappa shape index (κ1) is 26.7. The van der Waals surface area contributed by atoms with Crippen molar-refractivity contribution in [3.8, 4) is 0 Å². The summed E-state index contributed by atoms with van der Waals surface area (Å²) in [5, 5.41) is 9.69. The number of amides is 1. The second-order valence-electron chi connectivity index (χ2n) is 9.21. The monoisotopic (exact) mass is 542 g/mol. The highest BCUT2D eigenvalue weighted by molar-refractivity contribution is 9.10. The summed E-state index contributed by atoms with van der Waals surface area (Å²) in [5.74, 6) is -1.61. The number of carbonyl (C=O) groups is 1. The average Bonchev–Trinajstić information content (AvgIpc) is 2.64. The number of hydrogen-bond acceptors (Lipinski definition) is 4. The minimum Gasteiger partial charge on any atom is -0.465 e. The molecule has 1 N–H and O–H groups in total. The summed E-state index contributed by atoms with van der Waals surface area (Å²) in [6, 6.07) is 4.66. The van der Waals surface area contributed by atoms with Crippen LogP contribution < -0.4 is 0 Å². The molecule has 1 amide bonds. The smallest absolute Gasteiger partial charge is 0.424 e. The van der Waals surface area contributed by atoms with E-state index in [1.807, 2.05) is 0 Å². The summed E-state index contributed by atoms with van der Waals surface area (Å²) in [6.07, 6.45) is -6.66. The van der Waals surface area contributed by atoms with E-state index in [1.54, 1.807) is 0 Å². The van der Waals surface area contributed by atoms with E-state index in [2.05, 4.69) is 40.6 Å². The average molecular weight is 543 g/mol. The highest BCUT2D eigenvalue weighted by Crippen LogP contribution is 2.43. The number of nitrogens with zero attached hydrogens (tertiary/aromatic N) is 2. The van der Waals surface area contributed by atoms with Gasteiger partial charge in [-0.3, -0.25) is 4.99 Å².